The van der Waals surface area contributed by atoms with Crippen LogP contribution in [0.25, 0.3) is 0 Å². The van der Waals surface area contributed by atoms with E-state index >= 15 is 0 Å². The van der Waals surface area contributed by atoms with Crippen molar-refractivity contribution in [2.24, 2.45) is 5.73 Å². The monoisotopic (exact) mass is 486 g/mol. The number of carbonyl (C=O) groups is 1. The molecule has 2 amide bonds. The van der Waals surface area contributed by atoms with Gasteiger partial charge in [-0.1, -0.05) is 38.8 Å². The summed E-state index contributed by atoms with van der Waals surface area (Å²) in [7, 11) is 0. The normalized spacial score (nSPS) is 14.3. The number of nitrogens with one attached hydrogen (secondary N) is 2. The van der Waals surface area contributed by atoms with Crippen molar-refractivity contribution < 1.29 is 22.7 Å². The minimum Gasteiger partial charge on any atom is -0.432 e. The van der Waals surface area contributed by atoms with Gasteiger partial charge < -0.3 is 21.1 Å². The van der Waals surface area contributed by atoms with Crippen molar-refractivity contribution in [3.63, 3.8) is 0 Å². The maximum Gasteiger partial charge on any atom is 0.397 e. The van der Waals surface area contributed by atoms with E-state index in [9.17, 15) is 18.0 Å². The molecular weight excluding hydrogens is 457 g/mol. The Balaban J connectivity index is 2.56. The van der Waals surface area contributed by atoms with E-state index in [1.165, 1.54) is 25.3 Å². The van der Waals surface area contributed by atoms with Gasteiger partial charge in [-0.05, 0) is 42.7 Å². The third-order valence-corrected chi connectivity index (χ3v) is 5.53. The van der Waals surface area contributed by atoms with Gasteiger partial charge in [-0.3, -0.25) is 4.98 Å². The van der Waals surface area contributed by atoms with Crippen molar-refractivity contribution in [1.29, 1.82) is 0 Å². The molecule has 10 heteroatoms. The second-order valence-corrected chi connectivity index (χ2v) is 8.17. The minimum absolute atomic E-state index is 0.0849. The summed E-state index contributed by atoms with van der Waals surface area (Å²) in [6, 6.07) is 5.61. The standard InChI is InChI=1S/C23H30ClF3N4O2/c1-4-7-18(5-2)30-21(32)31-22(14-28,20-9-8-16(24)13-29-20)15-10-17(25)12-19(11-15)33-23(26,27)6-3/h8-13,18H,4-7,14,28H2,1-3H3,(H2,30,31,32). The zero-order valence-electron chi connectivity index (χ0n) is 18.9. The molecule has 1 aromatic heterocycles. The van der Waals surface area contributed by atoms with Gasteiger partial charge in [-0.2, -0.15) is 8.78 Å². The van der Waals surface area contributed by atoms with Gasteiger partial charge in [0.15, 0.2) is 0 Å². The molecule has 1 aromatic carbocycles. The Kier molecular flexibility index (Phi) is 9.36. The van der Waals surface area contributed by atoms with Crippen molar-refractivity contribution in [3.05, 3.63) is 58.6 Å². The predicted octanol–water partition coefficient (Wildman–Crippen LogP) is 5.34. The van der Waals surface area contributed by atoms with E-state index in [1.54, 1.807) is 6.07 Å². The Morgan fingerprint density at radius 3 is 2.52 bits per heavy atom. The van der Waals surface area contributed by atoms with Crippen LogP contribution in [0.5, 0.6) is 5.75 Å². The Morgan fingerprint density at radius 2 is 1.97 bits per heavy atom. The van der Waals surface area contributed by atoms with Crippen LogP contribution in [-0.4, -0.2) is 29.7 Å². The number of nitrogens with zero attached hydrogens (tertiary/aromatic N) is 1. The van der Waals surface area contributed by atoms with Gasteiger partial charge in [0.2, 0.25) is 0 Å². The van der Waals surface area contributed by atoms with E-state index in [0.29, 0.717) is 11.4 Å². The number of aromatic nitrogens is 1. The van der Waals surface area contributed by atoms with Gasteiger partial charge in [0.25, 0.3) is 0 Å². The molecule has 0 radical (unpaired) electrons. The maximum atomic E-state index is 14.5. The van der Waals surface area contributed by atoms with E-state index in [0.717, 1.165) is 25.0 Å². The lowest BCUT2D eigenvalue weighted by Crippen LogP contribution is -2.56. The third-order valence-electron chi connectivity index (χ3n) is 5.31. The summed E-state index contributed by atoms with van der Waals surface area (Å²) in [5.41, 5.74) is 4.92. The number of ether oxygens (including phenoxy) is 1. The summed E-state index contributed by atoms with van der Waals surface area (Å²) in [6.07, 6.45) is -0.391. The molecule has 2 rings (SSSR count). The molecule has 2 atom stereocenters. The molecule has 1 heterocycles. The van der Waals surface area contributed by atoms with Crippen molar-refractivity contribution in [2.45, 2.75) is 64.1 Å². The summed E-state index contributed by atoms with van der Waals surface area (Å²) in [6.45, 7) is 4.95. The molecule has 4 N–H and O–H groups in total. The smallest absolute Gasteiger partial charge is 0.397 e. The second-order valence-electron chi connectivity index (χ2n) is 7.73. The van der Waals surface area contributed by atoms with E-state index in [2.05, 4.69) is 15.6 Å². The molecule has 2 unspecified atom stereocenters. The Morgan fingerprint density at radius 1 is 1.24 bits per heavy atom. The number of hydrogen-bond donors (Lipinski definition) is 3. The van der Waals surface area contributed by atoms with Crippen LogP contribution in [0.1, 0.15) is 57.7 Å². The van der Waals surface area contributed by atoms with Crippen LogP contribution in [0, 0.1) is 5.82 Å². The molecule has 0 aliphatic carbocycles. The van der Waals surface area contributed by atoms with Crippen molar-refractivity contribution >= 4 is 17.6 Å². The van der Waals surface area contributed by atoms with Gasteiger partial charge in [-0.15, -0.1) is 0 Å². The number of alkyl halides is 2. The fourth-order valence-electron chi connectivity index (χ4n) is 3.44. The lowest BCUT2D eigenvalue weighted by Gasteiger charge is -2.35. The highest BCUT2D eigenvalue weighted by molar-refractivity contribution is 6.30. The first-order valence-electron chi connectivity index (χ1n) is 10.9. The van der Waals surface area contributed by atoms with Crippen molar-refractivity contribution in [2.75, 3.05) is 6.54 Å². The van der Waals surface area contributed by atoms with Crippen molar-refractivity contribution in [1.82, 2.24) is 15.6 Å². The lowest BCUT2D eigenvalue weighted by atomic mass is 9.85. The number of amides is 2. The number of carbonyl (C=O) groups excluding carboxylic acids is 1. The molecule has 0 aliphatic heterocycles. The van der Waals surface area contributed by atoms with Crippen LogP contribution in [-0.2, 0) is 5.54 Å². The molecular formula is C23H30ClF3N4O2. The van der Waals surface area contributed by atoms with E-state index in [-0.39, 0.29) is 23.8 Å². The topological polar surface area (TPSA) is 89.3 Å². The van der Waals surface area contributed by atoms with E-state index in [4.69, 9.17) is 22.1 Å². The largest absolute Gasteiger partial charge is 0.432 e. The van der Waals surface area contributed by atoms with Crippen LogP contribution in [0.4, 0.5) is 18.0 Å². The van der Waals surface area contributed by atoms with Gasteiger partial charge >= 0.3 is 12.1 Å². The van der Waals surface area contributed by atoms with Gasteiger partial charge in [-0.25, -0.2) is 9.18 Å². The van der Waals surface area contributed by atoms with Crippen molar-refractivity contribution in [3.8, 4) is 5.75 Å². The van der Waals surface area contributed by atoms with Crippen LogP contribution >= 0.6 is 11.6 Å². The third kappa shape index (κ3) is 6.98. The quantitative estimate of drug-likeness (QED) is 0.400. The Bertz CT molecular complexity index is 930. The molecule has 0 saturated heterocycles. The van der Waals surface area contributed by atoms with Crippen LogP contribution in [0.15, 0.2) is 36.5 Å². The number of rotatable bonds is 11. The molecule has 0 bridgehead atoms. The lowest BCUT2D eigenvalue weighted by molar-refractivity contribution is -0.177. The van der Waals surface area contributed by atoms with Gasteiger partial charge in [0, 0.05) is 31.3 Å². The van der Waals surface area contributed by atoms with Crippen LogP contribution in [0.2, 0.25) is 5.02 Å². The van der Waals surface area contributed by atoms with Gasteiger partial charge in [0.05, 0.1) is 10.7 Å². The zero-order chi connectivity index (χ0) is 24.6. The van der Waals surface area contributed by atoms with Crippen LogP contribution in [0.3, 0.4) is 0 Å². The van der Waals surface area contributed by atoms with E-state index in [1.807, 2.05) is 13.8 Å². The molecule has 0 saturated carbocycles. The highest BCUT2D eigenvalue weighted by Gasteiger charge is 2.38. The molecule has 182 valence electrons. The summed E-state index contributed by atoms with van der Waals surface area (Å²) in [5, 5.41) is 6.02. The summed E-state index contributed by atoms with van der Waals surface area (Å²) >= 11 is 5.96. The zero-order valence-corrected chi connectivity index (χ0v) is 19.7. The highest BCUT2D eigenvalue weighted by Crippen LogP contribution is 2.33. The first-order valence-corrected chi connectivity index (χ1v) is 11.3. The van der Waals surface area contributed by atoms with E-state index < -0.39 is 35.7 Å². The summed E-state index contributed by atoms with van der Waals surface area (Å²) in [4.78, 5) is 17.2. The summed E-state index contributed by atoms with van der Waals surface area (Å²) in [5.74, 6) is -1.23. The first kappa shape index (κ1) is 26.7. The first-order chi connectivity index (χ1) is 15.6. The molecule has 33 heavy (non-hydrogen) atoms. The number of benzene rings is 1. The molecule has 6 nitrogen and oxygen atoms in total. The number of nitrogens with two attached hydrogens (primary N) is 1. The average molecular weight is 487 g/mol. The predicted molar refractivity (Wildman–Crippen MR) is 122 cm³/mol. The number of hydrogen-bond acceptors (Lipinski definition) is 4. The summed E-state index contributed by atoms with van der Waals surface area (Å²) < 4.78 is 46.9. The Hall–Kier alpha value is -2.52. The average Bonchev–Trinajstić information content (AvgIpc) is 2.77. The maximum absolute atomic E-state index is 14.5. The molecule has 0 fully saturated rings. The number of halogens is 4. The SMILES string of the molecule is CCCC(CC)NC(=O)NC(CN)(c1cc(F)cc(OC(F)(F)CC)c1)c1ccc(Cl)cn1. The number of pyridine rings is 1. The fourth-order valence-corrected chi connectivity index (χ4v) is 3.55. The fraction of sp³-hybridized carbons (Fsp3) is 0.478. The second kappa shape index (κ2) is 11.6. The highest BCUT2D eigenvalue weighted by atomic mass is 35.5. The molecule has 0 spiro atoms. The van der Waals surface area contributed by atoms with Crippen LogP contribution < -0.4 is 21.1 Å². The molecule has 0 aliphatic rings. The number of urea groups is 1. The minimum atomic E-state index is -3.49. The Labute approximate surface area is 197 Å². The molecule has 2 aromatic rings. The van der Waals surface area contributed by atoms with Gasteiger partial charge in [0.1, 0.15) is 17.1 Å².